The fraction of sp³-hybridized carbons (Fsp3) is 0.333. The Morgan fingerprint density at radius 1 is 0.696 bits per heavy atom. The highest BCUT2D eigenvalue weighted by atomic mass is 32.2. The van der Waals surface area contributed by atoms with E-state index in [1.54, 1.807) is 0 Å². The van der Waals surface area contributed by atoms with Crippen molar-refractivity contribution in [3.63, 3.8) is 0 Å². The van der Waals surface area contributed by atoms with Gasteiger partial charge in [-0.3, -0.25) is 0 Å². The van der Waals surface area contributed by atoms with Crippen LogP contribution in [-0.2, 0) is 0 Å². The lowest BCUT2D eigenvalue weighted by atomic mass is 10.0. The van der Waals surface area contributed by atoms with E-state index in [4.69, 9.17) is 22.9 Å². The predicted molar refractivity (Wildman–Crippen MR) is 102 cm³/mol. The number of nitrogens with two attached hydrogens (primary N) is 4. The molecule has 0 saturated carbocycles. The summed E-state index contributed by atoms with van der Waals surface area (Å²) in [6.45, 7) is 0. The second kappa shape index (κ2) is 8.82. The van der Waals surface area contributed by atoms with Crippen LogP contribution in [0.2, 0.25) is 0 Å². The van der Waals surface area contributed by atoms with Gasteiger partial charge in [0.05, 0.1) is 0 Å². The van der Waals surface area contributed by atoms with Crippen molar-refractivity contribution in [3.05, 3.63) is 59.7 Å². The number of nitrogen functional groups attached to an aromatic ring is 2. The van der Waals surface area contributed by atoms with Crippen molar-refractivity contribution in [1.82, 2.24) is 0 Å². The van der Waals surface area contributed by atoms with E-state index < -0.39 is 0 Å². The Hall–Kier alpha value is -1.69. The zero-order valence-corrected chi connectivity index (χ0v) is 14.1. The van der Waals surface area contributed by atoms with Gasteiger partial charge in [0.25, 0.3) is 0 Å². The van der Waals surface area contributed by atoms with E-state index in [1.807, 2.05) is 60.3 Å². The third kappa shape index (κ3) is 5.16. The summed E-state index contributed by atoms with van der Waals surface area (Å²) in [6, 6.07) is 15.6. The van der Waals surface area contributed by atoms with Gasteiger partial charge in [-0.1, -0.05) is 36.4 Å². The zero-order valence-electron chi connectivity index (χ0n) is 13.3. The molecule has 0 heterocycles. The first-order valence-electron chi connectivity index (χ1n) is 7.87. The monoisotopic (exact) mass is 330 g/mol. The van der Waals surface area contributed by atoms with E-state index >= 15 is 0 Å². The van der Waals surface area contributed by atoms with Crippen LogP contribution in [0.4, 0.5) is 11.4 Å². The SMILES string of the molecule is Nc1ccccc1C(N)CCSCCC(N)c1ccccc1N. The molecule has 2 aromatic rings. The summed E-state index contributed by atoms with van der Waals surface area (Å²) < 4.78 is 0. The minimum Gasteiger partial charge on any atom is -0.398 e. The molecule has 2 unspecified atom stereocenters. The molecule has 0 saturated heterocycles. The molecule has 2 aromatic carbocycles. The Morgan fingerprint density at radius 2 is 1.09 bits per heavy atom. The third-order valence-corrected chi connectivity index (χ3v) is 4.99. The average Bonchev–Trinajstić information content (AvgIpc) is 2.55. The van der Waals surface area contributed by atoms with Gasteiger partial charge in [0.2, 0.25) is 0 Å². The number of rotatable bonds is 8. The molecule has 4 nitrogen and oxygen atoms in total. The van der Waals surface area contributed by atoms with Crippen molar-refractivity contribution < 1.29 is 0 Å². The quantitative estimate of drug-likeness (QED) is 0.440. The molecular formula is C18H26N4S. The molecule has 0 aliphatic heterocycles. The maximum absolute atomic E-state index is 6.21. The van der Waals surface area contributed by atoms with E-state index in [0.29, 0.717) is 0 Å². The smallest absolute Gasteiger partial charge is 0.0362 e. The highest BCUT2D eigenvalue weighted by molar-refractivity contribution is 7.99. The van der Waals surface area contributed by atoms with Gasteiger partial charge in [-0.25, -0.2) is 0 Å². The molecule has 5 heteroatoms. The molecular weight excluding hydrogens is 304 g/mol. The zero-order chi connectivity index (χ0) is 16.7. The van der Waals surface area contributed by atoms with Crippen LogP contribution in [0.1, 0.15) is 36.1 Å². The van der Waals surface area contributed by atoms with E-state index in [2.05, 4.69) is 0 Å². The first kappa shape index (κ1) is 17.7. The van der Waals surface area contributed by atoms with Crippen LogP contribution in [0.3, 0.4) is 0 Å². The Labute approximate surface area is 142 Å². The van der Waals surface area contributed by atoms with E-state index in [1.165, 1.54) is 0 Å². The molecule has 0 bridgehead atoms. The van der Waals surface area contributed by atoms with Gasteiger partial charge in [-0.05, 0) is 47.6 Å². The summed E-state index contributed by atoms with van der Waals surface area (Å²) in [7, 11) is 0. The molecule has 0 spiro atoms. The highest BCUT2D eigenvalue weighted by Gasteiger charge is 2.10. The lowest BCUT2D eigenvalue weighted by molar-refractivity contribution is 0.698. The Kier molecular flexibility index (Phi) is 6.77. The normalized spacial score (nSPS) is 13.7. The van der Waals surface area contributed by atoms with Gasteiger partial charge in [-0.2, -0.15) is 11.8 Å². The van der Waals surface area contributed by atoms with Crippen molar-refractivity contribution >= 4 is 23.1 Å². The van der Waals surface area contributed by atoms with E-state index in [-0.39, 0.29) is 12.1 Å². The van der Waals surface area contributed by atoms with Crippen molar-refractivity contribution in [3.8, 4) is 0 Å². The van der Waals surface area contributed by atoms with Crippen LogP contribution < -0.4 is 22.9 Å². The van der Waals surface area contributed by atoms with Crippen LogP contribution in [-0.4, -0.2) is 11.5 Å². The average molecular weight is 331 g/mol. The van der Waals surface area contributed by atoms with Crippen molar-refractivity contribution in [2.75, 3.05) is 23.0 Å². The van der Waals surface area contributed by atoms with E-state index in [0.717, 1.165) is 46.8 Å². The first-order chi connectivity index (χ1) is 11.1. The summed E-state index contributed by atoms with van der Waals surface area (Å²) in [5, 5.41) is 0. The molecule has 0 radical (unpaired) electrons. The summed E-state index contributed by atoms with van der Waals surface area (Å²) >= 11 is 1.87. The lowest BCUT2D eigenvalue weighted by Crippen LogP contribution is -2.14. The standard InChI is InChI=1S/C18H26N4S/c19-15-7-3-1-5-13(15)17(21)9-11-23-12-10-18(22)14-6-2-4-8-16(14)20/h1-8,17-18H,9-12,19-22H2. The molecule has 0 amide bonds. The maximum Gasteiger partial charge on any atom is 0.0362 e. The van der Waals surface area contributed by atoms with Crippen molar-refractivity contribution in [2.24, 2.45) is 11.5 Å². The summed E-state index contributed by atoms with van der Waals surface area (Å²) in [5.41, 5.74) is 27.9. The van der Waals surface area contributed by atoms with Crippen LogP contribution in [0.5, 0.6) is 0 Å². The Bertz CT molecular complexity index is 564. The number of benzene rings is 2. The van der Waals surface area contributed by atoms with Crippen molar-refractivity contribution in [2.45, 2.75) is 24.9 Å². The second-order valence-electron chi connectivity index (χ2n) is 5.66. The Balaban J connectivity index is 1.70. The topological polar surface area (TPSA) is 104 Å². The van der Waals surface area contributed by atoms with Gasteiger partial charge in [-0.15, -0.1) is 0 Å². The van der Waals surface area contributed by atoms with Gasteiger partial charge in [0.1, 0.15) is 0 Å². The minimum atomic E-state index is -0.0119. The first-order valence-corrected chi connectivity index (χ1v) is 9.02. The molecule has 2 rings (SSSR count). The van der Waals surface area contributed by atoms with Gasteiger partial charge < -0.3 is 22.9 Å². The van der Waals surface area contributed by atoms with Gasteiger partial charge in [0, 0.05) is 23.5 Å². The third-order valence-electron chi connectivity index (χ3n) is 3.94. The van der Waals surface area contributed by atoms with Crippen LogP contribution in [0, 0.1) is 0 Å². The number of thioether (sulfide) groups is 1. The summed E-state index contributed by atoms with van der Waals surface area (Å²) in [4.78, 5) is 0. The second-order valence-corrected chi connectivity index (χ2v) is 6.89. The molecule has 0 aliphatic rings. The molecule has 2 atom stereocenters. The predicted octanol–water partition coefficient (Wildman–Crippen LogP) is 3.06. The minimum absolute atomic E-state index is 0.0119. The fourth-order valence-electron chi connectivity index (χ4n) is 2.53. The van der Waals surface area contributed by atoms with Crippen molar-refractivity contribution in [1.29, 1.82) is 0 Å². The summed E-state index contributed by atoms with van der Waals surface area (Å²) in [6.07, 6.45) is 1.81. The molecule has 8 N–H and O–H groups in total. The molecule has 0 aromatic heterocycles. The highest BCUT2D eigenvalue weighted by Crippen LogP contribution is 2.24. The van der Waals surface area contributed by atoms with E-state index in [9.17, 15) is 0 Å². The summed E-state index contributed by atoms with van der Waals surface area (Å²) in [5.74, 6) is 1.99. The van der Waals surface area contributed by atoms with Crippen LogP contribution in [0.15, 0.2) is 48.5 Å². The Morgan fingerprint density at radius 3 is 1.48 bits per heavy atom. The van der Waals surface area contributed by atoms with Gasteiger partial charge >= 0.3 is 0 Å². The largest absolute Gasteiger partial charge is 0.398 e. The number of anilines is 2. The molecule has 0 fully saturated rings. The molecule has 124 valence electrons. The fourth-order valence-corrected chi connectivity index (χ4v) is 3.58. The van der Waals surface area contributed by atoms with Crippen LogP contribution >= 0.6 is 11.8 Å². The number of hydrogen-bond acceptors (Lipinski definition) is 5. The maximum atomic E-state index is 6.21. The molecule has 0 aliphatic carbocycles. The number of hydrogen-bond donors (Lipinski definition) is 4. The number of para-hydroxylation sites is 2. The lowest BCUT2D eigenvalue weighted by Gasteiger charge is -2.15. The van der Waals surface area contributed by atoms with Gasteiger partial charge in [0.15, 0.2) is 0 Å². The van der Waals surface area contributed by atoms with Crippen LogP contribution in [0.25, 0.3) is 0 Å². The molecule has 23 heavy (non-hydrogen) atoms.